The van der Waals surface area contributed by atoms with E-state index in [0.29, 0.717) is 11.5 Å². The normalized spacial score (nSPS) is 10.4. The molecule has 1 amide bonds. The molecule has 0 saturated heterocycles. The standard InChI is InChI=1S/C15H11FN4O2/c16-12-6-2-1-5-11(12)14(21)18-9-13-19-20-15(22-13)10-4-3-7-17-8-10/h1-8H,9H2,(H,18,21). The van der Waals surface area contributed by atoms with Gasteiger partial charge < -0.3 is 9.73 Å². The van der Waals surface area contributed by atoms with Crippen molar-refractivity contribution in [3.63, 3.8) is 0 Å². The SMILES string of the molecule is O=C(NCc1nnc(-c2cccnc2)o1)c1ccccc1F. The van der Waals surface area contributed by atoms with Gasteiger partial charge in [-0.15, -0.1) is 10.2 Å². The van der Waals surface area contributed by atoms with Gasteiger partial charge in [0.15, 0.2) is 0 Å². The fourth-order valence-electron chi connectivity index (χ4n) is 1.83. The van der Waals surface area contributed by atoms with Crippen molar-refractivity contribution in [1.29, 1.82) is 0 Å². The molecule has 1 N–H and O–H groups in total. The molecule has 2 heterocycles. The number of aromatic nitrogens is 3. The van der Waals surface area contributed by atoms with Crippen LogP contribution in [-0.2, 0) is 6.54 Å². The van der Waals surface area contributed by atoms with Gasteiger partial charge in [0.25, 0.3) is 5.91 Å². The summed E-state index contributed by atoms with van der Waals surface area (Å²) in [7, 11) is 0. The van der Waals surface area contributed by atoms with Gasteiger partial charge in [0.05, 0.1) is 17.7 Å². The maximum absolute atomic E-state index is 13.5. The molecule has 0 spiro atoms. The fourth-order valence-corrected chi connectivity index (χ4v) is 1.83. The van der Waals surface area contributed by atoms with Gasteiger partial charge in [0.1, 0.15) is 5.82 Å². The number of hydrogen-bond acceptors (Lipinski definition) is 5. The Balaban J connectivity index is 1.67. The number of nitrogens with zero attached hydrogens (tertiary/aromatic N) is 3. The minimum Gasteiger partial charge on any atom is -0.419 e. The van der Waals surface area contributed by atoms with Gasteiger partial charge in [0, 0.05) is 12.4 Å². The zero-order valence-electron chi connectivity index (χ0n) is 11.4. The topological polar surface area (TPSA) is 80.9 Å². The van der Waals surface area contributed by atoms with E-state index in [1.807, 2.05) is 0 Å². The smallest absolute Gasteiger partial charge is 0.254 e. The van der Waals surface area contributed by atoms with E-state index in [4.69, 9.17) is 4.42 Å². The van der Waals surface area contributed by atoms with Crippen LogP contribution in [0, 0.1) is 5.82 Å². The molecule has 3 rings (SSSR count). The first-order valence-corrected chi connectivity index (χ1v) is 6.49. The molecule has 0 aliphatic heterocycles. The summed E-state index contributed by atoms with van der Waals surface area (Å²) in [5.41, 5.74) is 0.649. The minimum absolute atomic E-state index is 0.0143. The number of pyridine rings is 1. The Morgan fingerprint density at radius 3 is 2.82 bits per heavy atom. The van der Waals surface area contributed by atoms with E-state index in [0.717, 1.165) is 0 Å². The molecular weight excluding hydrogens is 287 g/mol. The lowest BCUT2D eigenvalue weighted by atomic mass is 10.2. The zero-order chi connectivity index (χ0) is 15.4. The van der Waals surface area contributed by atoms with E-state index in [-0.39, 0.29) is 18.0 Å². The Hall–Kier alpha value is -3.09. The average molecular weight is 298 g/mol. The summed E-state index contributed by atoms with van der Waals surface area (Å²) in [5, 5.41) is 10.2. The molecule has 3 aromatic rings. The lowest BCUT2D eigenvalue weighted by Crippen LogP contribution is -2.23. The summed E-state index contributed by atoms with van der Waals surface area (Å²) >= 11 is 0. The Bertz CT molecular complexity index is 789. The molecule has 0 saturated carbocycles. The number of nitrogens with one attached hydrogen (secondary N) is 1. The second kappa shape index (κ2) is 6.13. The van der Waals surface area contributed by atoms with E-state index < -0.39 is 11.7 Å². The van der Waals surface area contributed by atoms with Crippen molar-refractivity contribution in [3.05, 3.63) is 66.1 Å². The number of amides is 1. The Morgan fingerprint density at radius 2 is 2.05 bits per heavy atom. The molecule has 6 nitrogen and oxygen atoms in total. The first-order valence-electron chi connectivity index (χ1n) is 6.49. The monoisotopic (exact) mass is 298 g/mol. The highest BCUT2D eigenvalue weighted by atomic mass is 19.1. The highest BCUT2D eigenvalue weighted by Gasteiger charge is 2.13. The highest BCUT2D eigenvalue weighted by Crippen LogP contribution is 2.15. The molecule has 0 atom stereocenters. The molecule has 0 bridgehead atoms. The first-order chi connectivity index (χ1) is 10.7. The summed E-state index contributed by atoms with van der Waals surface area (Å²) in [6.07, 6.45) is 3.23. The van der Waals surface area contributed by atoms with Crippen LogP contribution in [0.2, 0.25) is 0 Å². The third-order valence-electron chi connectivity index (χ3n) is 2.89. The van der Waals surface area contributed by atoms with Gasteiger partial charge >= 0.3 is 0 Å². The number of carbonyl (C=O) groups excluding carboxylic acids is 1. The number of benzene rings is 1. The van der Waals surface area contributed by atoms with Gasteiger partial charge in [-0.1, -0.05) is 12.1 Å². The van der Waals surface area contributed by atoms with Gasteiger partial charge in [-0.3, -0.25) is 9.78 Å². The van der Waals surface area contributed by atoms with Crippen molar-refractivity contribution in [2.75, 3.05) is 0 Å². The Labute approximate surface area is 125 Å². The summed E-state index contributed by atoms with van der Waals surface area (Å²) in [6, 6.07) is 9.26. The van der Waals surface area contributed by atoms with E-state index in [9.17, 15) is 9.18 Å². The molecule has 0 fully saturated rings. The van der Waals surface area contributed by atoms with Gasteiger partial charge in [0.2, 0.25) is 11.8 Å². The van der Waals surface area contributed by atoms with E-state index in [1.54, 1.807) is 30.6 Å². The summed E-state index contributed by atoms with van der Waals surface area (Å²) in [4.78, 5) is 15.8. The van der Waals surface area contributed by atoms with Crippen LogP contribution >= 0.6 is 0 Å². The predicted octanol–water partition coefficient (Wildman–Crippen LogP) is 2.20. The molecule has 0 aliphatic rings. The maximum atomic E-state index is 13.5. The van der Waals surface area contributed by atoms with E-state index in [2.05, 4.69) is 20.5 Å². The minimum atomic E-state index is -0.582. The fraction of sp³-hybridized carbons (Fsp3) is 0.0667. The molecule has 0 unspecified atom stereocenters. The highest BCUT2D eigenvalue weighted by molar-refractivity contribution is 5.94. The molecule has 7 heteroatoms. The Kier molecular flexibility index (Phi) is 3.86. The van der Waals surface area contributed by atoms with Crippen LogP contribution in [0.1, 0.15) is 16.2 Å². The van der Waals surface area contributed by atoms with Crippen LogP contribution in [-0.4, -0.2) is 21.1 Å². The second-order valence-electron chi connectivity index (χ2n) is 4.41. The van der Waals surface area contributed by atoms with Gasteiger partial charge in [-0.2, -0.15) is 0 Å². The van der Waals surface area contributed by atoms with E-state index >= 15 is 0 Å². The van der Waals surface area contributed by atoms with Gasteiger partial charge in [-0.05, 0) is 24.3 Å². The largest absolute Gasteiger partial charge is 0.419 e. The van der Waals surface area contributed by atoms with Crippen molar-refractivity contribution in [2.45, 2.75) is 6.54 Å². The third kappa shape index (κ3) is 2.98. The van der Waals surface area contributed by atoms with Crippen molar-refractivity contribution in [2.24, 2.45) is 0 Å². The molecule has 22 heavy (non-hydrogen) atoms. The number of halogens is 1. The zero-order valence-corrected chi connectivity index (χ0v) is 11.4. The number of hydrogen-bond donors (Lipinski definition) is 1. The Morgan fingerprint density at radius 1 is 1.18 bits per heavy atom. The third-order valence-corrected chi connectivity index (χ3v) is 2.89. The van der Waals surface area contributed by atoms with Crippen molar-refractivity contribution in [3.8, 4) is 11.5 Å². The molecule has 0 aliphatic carbocycles. The summed E-state index contributed by atoms with van der Waals surface area (Å²) in [6.45, 7) is 0.0143. The predicted molar refractivity (Wildman–Crippen MR) is 75.1 cm³/mol. The van der Waals surface area contributed by atoms with E-state index in [1.165, 1.54) is 18.2 Å². The first kappa shape index (κ1) is 13.9. The number of rotatable bonds is 4. The van der Waals surface area contributed by atoms with Crippen LogP contribution in [0.15, 0.2) is 53.2 Å². The lowest BCUT2D eigenvalue weighted by Gasteiger charge is -2.03. The molecular formula is C15H11FN4O2. The van der Waals surface area contributed by atoms with Crippen LogP contribution in [0.3, 0.4) is 0 Å². The molecule has 2 aromatic heterocycles. The molecule has 110 valence electrons. The molecule has 0 radical (unpaired) electrons. The lowest BCUT2D eigenvalue weighted by molar-refractivity contribution is 0.0943. The van der Waals surface area contributed by atoms with Gasteiger partial charge in [-0.25, -0.2) is 4.39 Å². The maximum Gasteiger partial charge on any atom is 0.254 e. The summed E-state index contributed by atoms with van der Waals surface area (Å²) < 4.78 is 18.9. The van der Waals surface area contributed by atoms with Crippen molar-refractivity contribution >= 4 is 5.91 Å². The van der Waals surface area contributed by atoms with Crippen molar-refractivity contribution in [1.82, 2.24) is 20.5 Å². The van der Waals surface area contributed by atoms with Crippen molar-refractivity contribution < 1.29 is 13.6 Å². The van der Waals surface area contributed by atoms with Crippen LogP contribution in [0.4, 0.5) is 4.39 Å². The quantitative estimate of drug-likeness (QED) is 0.798. The molecule has 1 aromatic carbocycles. The average Bonchev–Trinajstić information content (AvgIpc) is 3.03. The van der Waals surface area contributed by atoms with Crippen LogP contribution < -0.4 is 5.32 Å². The van der Waals surface area contributed by atoms with Crippen LogP contribution in [0.5, 0.6) is 0 Å². The summed E-state index contributed by atoms with van der Waals surface area (Å²) in [5.74, 6) is -0.590. The second-order valence-corrected chi connectivity index (χ2v) is 4.41. The van der Waals surface area contributed by atoms with Crippen LogP contribution in [0.25, 0.3) is 11.5 Å². The number of carbonyl (C=O) groups is 1.